The van der Waals surface area contributed by atoms with Crippen molar-refractivity contribution >= 4 is 12.0 Å². The zero-order valence-corrected chi connectivity index (χ0v) is 6.59. The fourth-order valence-corrected chi connectivity index (χ4v) is 1.07. The van der Waals surface area contributed by atoms with Crippen LogP contribution in [0.25, 0.3) is 0 Å². The molecule has 0 saturated heterocycles. The van der Waals surface area contributed by atoms with E-state index in [2.05, 4.69) is 9.98 Å². The molecule has 0 aromatic carbocycles. The van der Waals surface area contributed by atoms with Crippen LogP contribution in [0.15, 0.2) is 41.8 Å². The first-order valence-electron chi connectivity index (χ1n) is 3.83. The third-order valence-electron chi connectivity index (χ3n) is 1.66. The smallest absolute Gasteiger partial charge is 0.132 e. The lowest BCUT2D eigenvalue weighted by Gasteiger charge is -2.17. The molecule has 0 atom stereocenters. The molecule has 1 aromatic rings. The maximum atomic E-state index is 4.22. The highest BCUT2D eigenvalue weighted by Gasteiger charge is 2.02. The standard InChI is InChI=1S/C9H9N3/c1-2-4-11-9(3-1)12-7-5-10-6-8-12/h1-7H,8H2. The largest absolute Gasteiger partial charge is 0.326 e. The summed E-state index contributed by atoms with van der Waals surface area (Å²) < 4.78 is 0. The van der Waals surface area contributed by atoms with Crippen LogP contribution >= 0.6 is 0 Å². The van der Waals surface area contributed by atoms with Gasteiger partial charge in [0.2, 0.25) is 0 Å². The maximum absolute atomic E-state index is 4.22. The first kappa shape index (κ1) is 7.03. The zero-order valence-electron chi connectivity index (χ0n) is 6.59. The van der Waals surface area contributed by atoms with Crippen LogP contribution in [0.3, 0.4) is 0 Å². The summed E-state index contributed by atoms with van der Waals surface area (Å²) in [7, 11) is 0. The average molecular weight is 159 g/mol. The molecule has 60 valence electrons. The first-order valence-corrected chi connectivity index (χ1v) is 3.83. The van der Waals surface area contributed by atoms with E-state index in [0.29, 0.717) is 0 Å². The van der Waals surface area contributed by atoms with Gasteiger partial charge in [0.25, 0.3) is 0 Å². The Morgan fingerprint density at radius 3 is 3.00 bits per heavy atom. The van der Waals surface area contributed by atoms with E-state index in [1.54, 1.807) is 12.4 Å². The Morgan fingerprint density at radius 2 is 2.33 bits per heavy atom. The minimum atomic E-state index is 0.799. The summed E-state index contributed by atoms with van der Waals surface area (Å²) in [5, 5.41) is 0. The lowest BCUT2D eigenvalue weighted by atomic mass is 10.4. The summed E-state index contributed by atoms with van der Waals surface area (Å²) >= 11 is 0. The van der Waals surface area contributed by atoms with Crippen LogP contribution < -0.4 is 4.90 Å². The molecule has 0 spiro atoms. The van der Waals surface area contributed by atoms with Crippen LogP contribution in [0, 0.1) is 0 Å². The summed E-state index contributed by atoms with van der Waals surface area (Å²) in [6.45, 7) is 0.799. The van der Waals surface area contributed by atoms with Crippen LogP contribution in [0.1, 0.15) is 0 Å². The van der Waals surface area contributed by atoms with Crippen LogP contribution in [0.5, 0.6) is 0 Å². The number of aromatic nitrogens is 1. The van der Waals surface area contributed by atoms with Crippen molar-refractivity contribution < 1.29 is 0 Å². The van der Waals surface area contributed by atoms with E-state index in [9.17, 15) is 0 Å². The lowest BCUT2D eigenvalue weighted by Crippen LogP contribution is -2.21. The van der Waals surface area contributed by atoms with Gasteiger partial charge in [-0.1, -0.05) is 6.07 Å². The molecule has 0 N–H and O–H groups in total. The molecule has 0 unspecified atom stereocenters. The Bertz CT molecular complexity index is 303. The minimum Gasteiger partial charge on any atom is -0.326 e. The van der Waals surface area contributed by atoms with E-state index in [1.165, 1.54) is 0 Å². The van der Waals surface area contributed by atoms with Gasteiger partial charge in [-0.2, -0.15) is 0 Å². The third kappa shape index (κ3) is 1.34. The highest BCUT2D eigenvalue weighted by atomic mass is 15.2. The molecule has 1 aromatic heterocycles. The Balaban J connectivity index is 2.21. The molecule has 0 saturated carbocycles. The highest BCUT2D eigenvalue weighted by Crippen LogP contribution is 2.09. The predicted octanol–water partition coefficient (Wildman–Crippen LogP) is 1.44. The number of hydrogen-bond donors (Lipinski definition) is 0. The van der Waals surface area contributed by atoms with Crippen molar-refractivity contribution in [3.63, 3.8) is 0 Å². The van der Waals surface area contributed by atoms with Crippen molar-refractivity contribution in [2.75, 3.05) is 11.4 Å². The Morgan fingerprint density at radius 1 is 1.33 bits per heavy atom. The fraction of sp³-hybridized carbons (Fsp3) is 0.111. The predicted molar refractivity (Wildman–Crippen MR) is 49.2 cm³/mol. The van der Waals surface area contributed by atoms with Gasteiger partial charge < -0.3 is 4.90 Å². The molecular weight excluding hydrogens is 150 g/mol. The maximum Gasteiger partial charge on any atom is 0.132 e. The van der Waals surface area contributed by atoms with Gasteiger partial charge in [-0.15, -0.1) is 0 Å². The van der Waals surface area contributed by atoms with E-state index >= 15 is 0 Å². The second-order valence-electron chi connectivity index (χ2n) is 2.47. The molecule has 2 heterocycles. The number of rotatable bonds is 1. The van der Waals surface area contributed by atoms with Crippen LogP contribution in [-0.4, -0.2) is 17.7 Å². The summed E-state index contributed by atoms with van der Waals surface area (Å²) in [6.07, 6.45) is 7.32. The van der Waals surface area contributed by atoms with Crippen LogP contribution in [-0.2, 0) is 0 Å². The lowest BCUT2D eigenvalue weighted by molar-refractivity contribution is 1.05. The van der Waals surface area contributed by atoms with E-state index in [-0.39, 0.29) is 0 Å². The molecule has 1 aliphatic rings. The molecule has 3 nitrogen and oxygen atoms in total. The van der Waals surface area contributed by atoms with Gasteiger partial charge in [-0.3, -0.25) is 4.99 Å². The number of hydrogen-bond acceptors (Lipinski definition) is 3. The number of aliphatic imine (C=N–C) groups is 1. The van der Waals surface area contributed by atoms with Crippen molar-refractivity contribution in [1.82, 2.24) is 4.98 Å². The summed E-state index contributed by atoms with van der Waals surface area (Å²) in [4.78, 5) is 10.2. The molecule has 2 rings (SSSR count). The van der Waals surface area contributed by atoms with Gasteiger partial charge in [-0.25, -0.2) is 4.98 Å². The molecule has 0 fully saturated rings. The van der Waals surface area contributed by atoms with Gasteiger partial charge in [-0.05, 0) is 12.1 Å². The summed E-state index contributed by atoms with van der Waals surface area (Å²) in [5.41, 5.74) is 0. The molecule has 0 radical (unpaired) electrons. The van der Waals surface area contributed by atoms with Crippen molar-refractivity contribution in [2.24, 2.45) is 4.99 Å². The molecule has 0 aliphatic carbocycles. The van der Waals surface area contributed by atoms with Gasteiger partial charge in [0.05, 0.1) is 6.54 Å². The Labute approximate surface area is 71.1 Å². The molecule has 1 aliphatic heterocycles. The fourth-order valence-electron chi connectivity index (χ4n) is 1.07. The van der Waals surface area contributed by atoms with E-state index < -0.39 is 0 Å². The molecule has 3 heteroatoms. The van der Waals surface area contributed by atoms with Crippen molar-refractivity contribution in [1.29, 1.82) is 0 Å². The zero-order chi connectivity index (χ0) is 8.23. The van der Waals surface area contributed by atoms with Gasteiger partial charge in [0.15, 0.2) is 0 Å². The number of pyridine rings is 1. The Hall–Kier alpha value is -1.64. The second kappa shape index (κ2) is 3.17. The van der Waals surface area contributed by atoms with E-state index in [0.717, 1.165) is 12.4 Å². The quantitative estimate of drug-likeness (QED) is 0.620. The summed E-state index contributed by atoms with van der Waals surface area (Å²) in [5.74, 6) is 0.958. The van der Waals surface area contributed by atoms with Crippen LogP contribution in [0.4, 0.5) is 5.82 Å². The number of nitrogens with zero attached hydrogens (tertiary/aromatic N) is 3. The second-order valence-corrected chi connectivity index (χ2v) is 2.47. The normalized spacial score (nSPS) is 15.2. The highest BCUT2D eigenvalue weighted by molar-refractivity contribution is 5.68. The van der Waals surface area contributed by atoms with Crippen LogP contribution in [0.2, 0.25) is 0 Å². The molecular formula is C9H9N3. The average Bonchev–Trinajstić information content (AvgIpc) is 2.21. The Kier molecular flexibility index (Phi) is 1.86. The van der Waals surface area contributed by atoms with Gasteiger partial charge in [0, 0.05) is 24.8 Å². The summed E-state index contributed by atoms with van der Waals surface area (Å²) in [6, 6.07) is 5.86. The minimum absolute atomic E-state index is 0.799. The van der Waals surface area contributed by atoms with Crippen molar-refractivity contribution in [3.05, 3.63) is 36.8 Å². The first-order chi connectivity index (χ1) is 5.97. The molecule has 12 heavy (non-hydrogen) atoms. The number of anilines is 1. The van der Waals surface area contributed by atoms with Gasteiger partial charge in [0.1, 0.15) is 5.82 Å². The SMILES string of the molecule is C1=CN(c2ccccn2)CC=N1. The van der Waals surface area contributed by atoms with Gasteiger partial charge >= 0.3 is 0 Å². The monoisotopic (exact) mass is 159 g/mol. The third-order valence-corrected chi connectivity index (χ3v) is 1.66. The molecule has 0 amide bonds. The van der Waals surface area contributed by atoms with E-state index in [1.807, 2.05) is 35.5 Å². The van der Waals surface area contributed by atoms with Crippen molar-refractivity contribution in [2.45, 2.75) is 0 Å². The van der Waals surface area contributed by atoms with Crippen molar-refractivity contribution in [3.8, 4) is 0 Å². The molecule has 0 bridgehead atoms. The topological polar surface area (TPSA) is 28.5 Å². The van der Waals surface area contributed by atoms with E-state index in [4.69, 9.17) is 0 Å².